The van der Waals surface area contributed by atoms with Crippen LogP contribution >= 0.6 is 0 Å². The first-order valence-electron chi connectivity index (χ1n) is 5.99. The van der Waals surface area contributed by atoms with Crippen LogP contribution in [0.5, 0.6) is 0 Å². The monoisotopic (exact) mass is 232 g/mol. The summed E-state index contributed by atoms with van der Waals surface area (Å²) >= 11 is 0. The molecule has 0 heterocycles. The molecule has 1 aromatic carbocycles. The molecule has 0 unspecified atom stereocenters. The molecule has 2 heteroatoms. The molecule has 0 aliphatic carbocycles. The van der Waals surface area contributed by atoms with Crippen molar-refractivity contribution in [3.05, 3.63) is 41.5 Å². The minimum Gasteiger partial charge on any atom is -0.481 e. The van der Waals surface area contributed by atoms with E-state index in [1.165, 1.54) is 11.1 Å². The van der Waals surface area contributed by atoms with Crippen LogP contribution in [-0.2, 0) is 4.79 Å². The summed E-state index contributed by atoms with van der Waals surface area (Å²) in [5, 5.41) is 8.57. The van der Waals surface area contributed by atoms with Crippen molar-refractivity contribution in [2.45, 2.75) is 39.5 Å². The van der Waals surface area contributed by atoms with E-state index in [0.29, 0.717) is 12.3 Å². The molecule has 1 N–H and O–H groups in total. The van der Waals surface area contributed by atoms with Gasteiger partial charge in [-0.2, -0.15) is 0 Å². The van der Waals surface area contributed by atoms with E-state index in [1.807, 2.05) is 13.0 Å². The molecule has 0 saturated heterocycles. The van der Waals surface area contributed by atoms with E-state index in [1.54, 1.807) is 0 Å². The number of carbonyl (C=O) groups is 1. The van der Waals surface area contributed by atoms with Gasteiger partial charge in [0.15, 0.2) is 0 Å². The molecule has 1 rings (SSSR count). The molecule has 1 aromatic rings. The summed E-state index contributed by atoms with van der Waals surface area (Å²) in [6, 6.07) is 8.47. The van der Waals surface area contributed by atoms with Gasteiger partial charge in [-0.3, -0.25) is 4.79 Å². The van der Waals surface area contributed by atoms with Crippen LogP contribution in [0.4, 0.5) is 0 Å². The Kier molecular flexibility index (Phi) is 4.95. The smallest absolute Gasteiger partial charge is 0.303 e. The molecule has 0 spiro atoms. The third kappa shape index (κ3) is 4.43. The average Bonchev–Trinajstić information content (AvgIpc) is 2.28. The van der Waals surface area contributed by atoms with Crippen LogP contribution in [0.2, 0.25) is 0 Å². The summed E-state index contributed by atoms with van der Waals surface area (Å²) in [4.78, 5) is 10.4. The molecule has 0 aromatic heterocycles. The summed E-state index contributed by atoms with van der Waals surface area (Å²) < 4.78 is 0. The van der Waals surface area contributed by atoms with E-state index < -0.39 is 5.97 Å². The van der Waals surface area contributed by atoms with Crippen LogP contribution in [0.15, 0.2) is 30.3 Å². The van der Waals surface area contributed by atoms with Crippen molar-refractivity contribution in [3.8, 4) is 0 Å². The van der Waals surface area contributed by atoms with Crippen LogP contribution in [0.3, 0.4) is 0 Å². The van der Waals surface area contributed by atoms with Crippen molar-refractivity contribution in [2.75, 3.05) is 0 Å². The number of hydrogen-bond donors (Lipinski definition) is 1. The predicted octanol–water partition coefficient (Wildman–Crippen LogP) is 4.08. The highest BCUT2D eigenvalue weighted by Gasteiger charge is 2.00. The van der Waals surface area contributed by atoms with E-state index in [0.717, 1.165) is 5.57 Å². The number of carboxylic acid groups (broad SMARTS) is 1. The van der Waals surface area contributed by atoms with E-state index in [-0.39, 0.29) is 6.42 Å². The van der Waals surface area contributed by atoms with Gasteiger partial charge in [-0.25, -0.2) is 0 Å². The van der Waals surface area contributed by atoms with Crippen molar-refractivity contribution in [2.24, 2.45) is 0 Å². The molecule has 0 aliphatic rings. The van der Waals surface area contributed by atoms with Gasteiger partial charge in [0, 0.05) is 6.42 Å². The predicted molar refractivity (Wildman–Crippen MR) is 71.1 cm³/mol. The van der Waals surface area contributed by atoms with Gasteiger partial charge in [0.1, 0.15) is 0 Å². The Bertz CT molecular complexity index is 399. The zero-order valence-corrected chi connectivity index (χ0v) is 10.7. The third-order valence-electron chi connectivity index (χ3n) is 2.84. The van der Waals surface area contributed by atoms with Crippen molar-refractivity contribution >= 4 is 11.5 Å². The lowest BCUT2D eigenvalue weighted by atomic mass is 9.99. The fourth-order valence-corrected chi connectivity index (χ4v) is 1.66. The topological polar surface area (TPSA) is 37.3 Å². The number of carboxylic acids is 1. The Morgan fingerprint density at radius 1 is 1.29 bits per heavy atom. The Hall–Kier alpha value is -1.57. The quantitative estimate of drug-likeness (QED) is 0.830. The normalized spacial score (nSPS) is 11.9. The summed E-state index contributed by atoms with van der Waals surface area (Å²) in [5.74, 6) is -0.204. The van der Waals surface area contributed by atoms with Crippen molar-refractivity contribution in [1.29, 1.82) is 0 Å². The lowest BCUT2D eigenvalue weighted by Crippen LogP contribution is -1.92. The average molecular weight is 232 g/mol. The van der Waals surface area contributed by atoms with Crippen LogP contribution in [0.1, 0.15) is 50.7 Å². The van der Waals surface area contributed by atoms with Crippen LogP contribution in [0.25, 0.3) is 5.57 Å². The summed E-state index contributed by atoms with van der Waals surface area (Å²) in [6.45, 7) is 6.36. The van der Waals surface area contributed by atoms with E-state index in [9.17, 15) is 4.79 Å². The fraction of sp³-hybridized carbons (Fsp3) is 0.400. The highest BCUT2D eigenvalue weighted by molar-refractivity contribution is 5.68. The molecule has 0 saturated carbocycles. The zero-order valence-electron chi connectivity index (χ0n) is 10.7. The molecule has 2 nitrogen and oxygen atoms in total. The maximum Gasteiger partial charge on any atom is 0.303 e. The van der Waals surface area contributed by atoms with Gasteiger partial charge >= 0.3 is 5.97 Å². The molecule has 0 atom stereocenters. The van der Waals surface area contributed by atoms with Gasteiger partial charge in [0.25, 0.3) is 0 Å². The summed E-state index contributed by atoms with van der Waals surface area (Å²) in [6.07, 6.45) is 2.77. The number of benzene rings is 1. The molecule has 0 radical (unpaired) electrons. The number of aliphatic carboxylic acids is 1. The highest BCUT2D eigenvalue weighted by Crippen LogP contribution is 2.19. The van der Waals surface area contributed by atoms with Gasteiger partial charge in [-0.15, -0.1) is 0 Å². The first kappa shape index (κ1) is 13.5. The molecule has 0 bridgehead atoms. The second kappa shape index (κ2) is 6.24. The van der Waals surface area contributed by atoms with Crippen molar-refractivity contribution in [1.82, 2.24) is 0 Å². The van der Waals surface area contributed by atoms with Gasteiger partial charge in [-0.05, 0) is 36.0 Å². The Labute approximate surface area is 103 Å². The van der Waals surface area contributed by atoms with Gasteiger partial charge in [0.2, 0.25) is 0 Å². The number of allylic oxidation sites excluding steroid dienone is 2. The van der Waals surface area contributed by atoms with Crippen LogP contribution in [-0.4, -0.2) is 11.1 Å². The van der Waals surface area contributed by atoms with E-state index >= 15 is 0 Å². The third-order valence-corrected chi connectivity index (χ3v) is 2.84. The lowest BCUT2D eigenvalue weighted by Gasteiger charge is -2.07. The molecule has 17 heavy (non-hydrogen) atoms. The molecule has 0 amide bonds. The number of rotatable bonds is 5. The zero-order chi connectivity index (χ0) is 12.8. The van der Waals surface area contributed by atoms with E-state index in [4.69, 9.17) is 5.11 Å². The SMILES string of the molecule is C/C(=C\CCC(=O)O)c1ccc(C(C)C)cc1. The molecule has 92 valence electrons. The molecule has 0 aliphatic heterocycles. The highest BCUT2D eigenvalue weighted by atomic mass is 16.4. The van der Waals surface area contributed by atoms with Gasteiger partial charge in [-0.1, -0.05) is 44.2 Å². The second-order valence-corrected chi connectivity index (χ2v) is 4.60. The van der Waals surface area contributed by atoms with Gasteiger partial charge in [0.05, 0.1) is 0 Å². The van der Waals surface area contributed by atoms with Crippen molar-refractivity contribution in [3.63, 3.8) is 0 Å². The maximum absolute atomic E-state index is 10.4. The standard InChI is InChI=1S/C15H20O2/c1-11(2)13-7-9-14(10-8-13)12(3)5-4-6-15(16)17/h5,7-11H,4,6H2,1-3H3,(H,16,17)/b12-5+. The summed E-state index contributed by atoms with van der Waals surface area (Å²) in [7, 11) is 0. The molecular weight excluding hydrogens is 212 g/mol. The Morgan fingerprint density at radius 3 is 2.35 bits per heavy atom. The molecular formula is C15H20O2. The maximum atomic E-state index is 10.4. The van der Waals surface area contributed by atoms with Crippen molar-refractivity contribution < 1.29 is 9.90 Å². The van der Waals surface area contributed by atoms with Gasteiger partial charge < -0.3 is 5.11 Å². The fourth-order valence-electron chi connectivity index (χ4n) is 1.66. The van der Waals surface area contributed by atoms with Crippen LogP contribution < -0.4 is 0 Å². The minimum absolute atomic E-state index is 0.196. The largest absolute Gasteiger partial charge is 0.481 e. The lowest BCUT2D eigenvalue weighted by molar-refractivity contribution is -0.136. The second-order valence-electron chi connectivity index (χ2n) is 4.60. The van der Waals surface area contributed by atoms with Crippen LogP contribution in [0, 0.1) is 0 Å². The minimum atomic E-state index is -0.746. The summed E-state index contributed by atoms with van der Waals surface area (Å²) in [5.41, 5.74) is 3.63. The molecule has 0 fully saturated rings. The Morgan fingerprint density at radius 2 is 1.88 bits per heavy atom. The number of hydrogen-bond acceptors (Lipinski definition) is 1. The first-order valence-corrected chi connectivity index (χ1v) is 5.99. The van der Waals surface area contributed by atoms with E-state index in [2.05, 4.69) is 38.1 Å². The Balaban J connectivity index is 2.69. The first-order chi connectivity index (χ1) is 8.00.